The first-order valence-electron chi connectivity index (χ1n) is 14.2. The van der Waals surface area contributed by atoms with Gasteiger partial charge in [0.2, 0.25) is 0 Å². The second kappa shape index (κ2) is 12.0. The van der Waals surface area contributed by atoms with E-state index in [0.29, 0.717) is 24.9 Å². The summed E-state index contributed by atoms with van der Waals surface area (Å²) in [7, 11) is 0. The number of aliphatic hydroxyl groups excluding tert-OH is 1. The lowest BCUT2D eigenvalue weighted by atomic mass is 9.81. The molecule has 1 fully saturated rings. The topological polar surface area (TPSA) is 74.5 Å². The molecule has 0 aromatic heterocycles. The molecule has 10 heteroatoms. The van der Waals surface area contributed by atoms with E-state index in [2.05, 4.69) is 10.1 Å². The van der Waals surface area contributed by atoms with Crippen molar-refractivity contribution in [3.63, 3.8) is 0 Å². The normalized spacial score (nSPS) is 21.8. The number of nitrogens with zero attached hydrogens (tertiary/aromatic N) is 1. The maximum atomic E-state index is 16.4. The smallest absolute Gasteiger partial charge is 0.387 e. The van der Waals surface area contributed by atoms with E-state index in [9.17, 15) is 19.1 Å². The summed E-state index contributed by atoms with van der Waals surface area (Å²) in [6, 6.07) is 13.8. The predicted octanol–water partition coefficient (Wildman–Crippen LogP) is 7.78. The zero-order chi connectivity index (χ0) is 31.1. The quantitative estimate of drug-likeness (QED) is 0.265. The fourth-order valence-electron chi connectivity index (χ4n) is 6.12. The van der Waals surface area contributed by atoms with Gasteiger partial charge < -0.3 is 19.9 Å². The van der Waals surface area contributed by atoms with Crippen LogP contribution < -0.4 is 14.8 Å². The Morgan fingerprint density at radius 1 is 1.12 bits per heavy atom. The van der Waals surface area contributed by atoms with Crippen LogP contribution in [0.5, 0.6) is 11.5 Å². The molecule has 5 nitrogen and oxygen atoms in total. The van der Waals surface area contributed by atoms with Crippen LogP contribution in [-0.4, -0.2) is 30.4 Å². The summed E-state index contributed by atoms with van der Waals surface area (Å²) in [5.74, 6) is -2.75. The number of aliphatic hydroxyl groups is 1. The van der Waals surface area contributed by atoms with Gasteiger partial charge in [0.1, 0.15) is 11.6 Å². The van der Waals surface area contributed by atoms with Gasteiger partial charge in [0.25, 0.3) is 0 Å². The SMILES string of the molecule is CC(C)(C)c1cc(C#N)c(-c2c(Cl)c(F)cc3c2CC(CNC2CCC(O)CC2)(c2ccccc2)O3)c(F)c1OC(F)F. The van der Waals surface area contributed by atoms with Crippen LogP contribution in [0, 0.1) is 23.0 Å². The van der Waals surface area contributed by atoms with E-state index in [0.717, 1.165) is 24.5 Å². The maximum absolute atomic E-state index is 16.4. The maximum Gasteiger partial charge on any atom is 0.387 e. The van der Waals surface area contributed by atoms with Crippen molar-refractivity contribution in [1.82, 2.24) is 5.32 Å². The average molecular weight is 617 g/mol. The van der Waals surface area contributed by atoms with Crippen molar-refractivity contribution in [1.29, 1.82) is 5.26 Å². The van der Waals surface area contributed by atoms with Crippen molar-refractivity contribution in [3.05, 3.63) is 81.4 Å². The van der Waals surface area contributed by atoms with E-state index in [-0.39, 0.29) is 41.0 Å². The lowest BCUT2D eigenvalue weighted by Gasteiger charge is -2.34. The average Bonchev–Trinajstić information content (AvgIpc) is 3.33. The van der Waals surface area contributed by atoms with Crippen LogP contribution >= 0.6 is 11.6 Å². The summed E-state index contributed by atoms with van der Waals surface area (Å²) in [6.07, 6.45) is 2.69. The van der Waals surface area contributed by atoms with Gasteiger partial charge in [0.05, 0.1) is 22.8 Å². The highest BCUT2D eigenvalue weighted by Crippen LogP contribution is 2.51. The van der Waals surface area contributed by atoms with E-state index >= 15 is 8.78 Å². The third kappa shape index (κ3) is 6.06. The van der Waals surface area contributed by atoms with Gasteiger partial charge in [-0.1, -0.05) is 62.7 Å². The van der Waals surface area contributed by atoms with Crippen molar-refractivity contribution >= 4 is 11.6 Å². The van der Waals surface area contributed by atoms with Crippen LogP contribution in [-0.2, 0) is 17.4 Å². The molecule has 0 radical (unpaired) electrons. The molecule has 0 saturated heterocycles. The lowest BCUT2D eigenvalue weighted by Crippen LogP contribution is -2.46. The zero-order valence-electron chi connectivity index (χ0n) is 24.1. The molecule has 0 bridgehead atoms. The van der Waals surface area contributed by atoms with Crippen LogP contribution in [0.15, 0.2) is 42.5 Å². The molecule has 0 spiro atoms. The van der Waals surface area contributed by atoms with Gasteiger partial charge in [0, 0.05) is 47.3 Å². The van der Waals surface area contributed by atoms with Crippen LogP contribution in [0.4, 0.5) is 17.6 Å². The summed E-state index contributed by atoms with van der Waals surface area (Å²) < 4.78 is 70.0. The van der Waals surface area contributed by atoms with Crippen molar-refractivity contribution in [2.24, 2.45) is 0 Å². The number of fused-ring (bicyclic) bond motifs is 1. The van der Waals surface area contributed by atoms with Gasteiger partial charge in [-0.05, 0) is 42.7 Å². The Morgan fingerprint density at radius 2 is 1.79 bits per heavy atom. The molecule has 0 amide bonds. The molecule has 2 N–H and O–H groups in total. The van der Waals surface area contributed by atoms with Gasteiger partial charge in [-0.3, -0.25) is 0 Å². The number of rotatable bonds is 7. The molecule has 5 rings (SSSR count). The van der Waals surface area contributed by atoms with E-state index in [1.165, 1.54) is 6.07 Å². The number of halogens is 5. The molecule has 43 heavy (non-hydrogen) atoms. The van der Waals surface area contributed by atoms with Crippen molar-refractivity contribution in [2.45, 2.75) is 82.6 Å². The van der Waals surface area contributed by atoms with E-state index in [4.69, 9.17) is 16.3 Å². The molecule has 3 aromatic rings. The summed E-state index contributed by atoms with van der Waals surface area (Å²) >= 11 is 6.52. The van der Waals surface area contributed by atoms with Crippen LogP contribution in [0.25, 0.3) is 11.1 Å². The van der Waals surface area contributed by atoms with Crippen LogP contribution in [0.3, 0.4) is 0 Å². The lowest BCUT2D eigenvalue weighted by molar-refractivity contribution is -0.0532. The minimum absolute atomic E-state index is 0.0615. The largest absolute Gasteiger partial charge is 0.480 e. The summed E-state index contributed by atoms with van der Waals surface area (Å²) in [6.45, 7) is 1.99. The molecule has 1 aliphatic heterocycles. The van der Waals surface area contributed by atoms with Crippen LogP contribution in [0.1, 0.15) is 68.7 Å². The third-order valence-electron chi connectivity index (χ3n) is 8.33. The molecule has 1 unspecified atom stereocenters. The summed E-state index contributed by atoms with van der Waals surface area (Å²) in [4.78, 5) is 0. The van der Waals surface area contributed by atoms with Gasteiger partial charge in [-0.25, -0.2) is 8.78 Å². The molecular formula is C33H33ClF4N2O3. The molecular weight excluding hydrogens is 584 g/mol. The molecule has 1 heterocycles. The Kier molecular flexibility index (Phi) is 8.68. The fraction of sp³-hybridized carbons (Fsp3) is 0.424. The first kappa shape index (κ1) is 31.1. The highest BCUT2D eigenvalue weighted by atomic mass is 35.5. The van der Waals surface area contributed by atoms with E-state index in [1.54, 1.807) is 20.8 Å². The summed E-state index contributed by atoms with van der Waals surface area (Å²) in [5.41, 5.74) is -1.49. The molecule has 1 atom stereocenters. The first-order chi connectivity index (χ1) is 20.3. The van der Waals surface area contributed by atoms with Crippen LogP contribution in [0.2, 0.25) is 5.02 Å². The zero-order valence-corrected chi connectivity index (χ0v) is 24.9. The van der Waals surface area contributed by atoms with E-state index < -0.39 is 45.6 Å². The molecule has 2 aliphatic rings. The van der Waals surface area contributed by atoms with Gasteiger partial charge >= 0.3 is 6.61 Å². The van der Waals surface area contributed by atoms with Gasteiger partial charge in [-0.2, -0.15) is 14.0 Å². The Hall–Kier alpha value is -3.32. The Labute approximate surface area is 253 Å². The number of benzene rings is 3. The number of ether oxygens (including phenoxy) is 2. The Balaban J connectivity index is 1.67. The van der Waals surface area contributed by atoms with Gasteiger partial charge in [0.15, 0.2) is 17.2 Å². The van der Waals surface area contributed by atoms with Crippen molar-refractivity contribution < 1.29 is 32.1 Å². The molecule has 1 aliphatic carbocycles. The second-order valence-electron chi connectivity index (χ2n) is 12.3. The number of hydrogen-bond acceptors (Lipinski definition) is 5. The molecule has 1 saturated carbocycles. The number of hydrogen-bond donors (Lipinski definition) is 2. The first-order valence-corrected chi connectivity index (χ1v) is 14.6. The van der Waals surface area contributed by atoms with E-state index in [1.807, 2.05) is 36.4 Å². The monoisotopic (exact) mass is 616 g/mol. The van der Waals surface area contributed by atoms with Crippen molar-refractivity contribution in [2.75, 3.05) is 6.54 Å². The predicted molar refractivity (Wildman–Crippen MR) is 156 cm³/mol. The standard InChI is InChI=1S/C33H33ClF4N2O3/c1-32(2,3)23-13-18(16-39)26(29(36)30(23)42-31(37)38)27-22-15-33(19-7-5-4-6-8-19,43-25(22)14-24(35)28(27)34)17-40-20-9-11-21(41)12-10-20/h4-8,13-14,20-21,31,40-41H,9-12,15,17H2,1-3H3. The number of alkyl halides is 2. The number of nitrogens with one attached hydrogen (secondary N) is 1. The highest BCUT2D eigenvalue weighted by Gasteiger charge is 2.45. The van der Waals surface area contributed by atoms with Gasteiger partial charge in [-0.15, -0.1) is 0 Å². The van der Waals surface area contributed by atoms with Crippen molar-refractivity contribution in [3.8, 4) is 28.7 Å². The second-order valence-corrected chi connectivity index (χ2v) is 12.7. The minimum Gasteiger partial charge on any atom is -0.480 e. The number of nitriles is 1. The fourth-order valence-corrected chi connectivity index (χ4v) is 6.38. The minimum atomic E-state index is -3.34. The third-order valence-corrected chi connectivity index (χ3v) is 8.70. The highest BCUT2D eigenvalue weighted by molar-refractivity contribution is 6.34. The Morgan fingerprint density at radius 3 is 2.40 bits per heavy atom. The molecule has 3 aromatic carbocycles. The molecule has 228 valence electrons. The Bertz CT molecular complexity index is 1550. The summed E-state index contributed by atoms with van der Waals surface area (Å²) in [5, 5.41) is 23.1.